The number of ether oxygens (including phenoxy) is 2. The van der Waals surface area contributed by atoms with Gasteiger partial charge in [-0.05, 0) is 47.5 Å². The molecule has 0 amide bonds. The van der Waals surface area contributed by atoms with Gasteiger partial charge in [-0.25, -0.2) is 0 Å². The quantitative estimate of drug-likeness (QED) is 0.661. The molecule has 27 heavy (non-hydrogen) atoms. The first-order valence-corrected chi connectivity index (χ1v) is 8.84. The fourth-order valence-corrected chi connectivity index (χ4v) is 2.96. The van der Waals surface area contributed by atoms with Gasteiger partial charge in [-0.2, -0.15) is 0 Å². The van der Waals surface area contributed by atoms with Crippen LogP contribution in [0.1, 0.15) is 21.1 Å². The molecule has 3 aromatic rings. The van der Waals surface area contributed by atoms with Crippen LogP contribution in [0.15, 0.2) is 36.4 Å². The topological polar surface area (TPSA) is 84.7 Å². The standard InChI is InChI=1S/C20H18N2O4S/c1-25-17-11-13(3-7-15(17)23)5-9-19-21-22-20(27-19)10-6-14-4-8-16(24)18(12-14)26-2/h3-12,23-24H,1-2H3/b9-5-,10-6-. The van der Waals surface area contributed by atoms with Crippen LogP contribution in [0.3, 0.4) is 0 Å². The molecule has 0 saturated heterocycles. The van der Waals surface area contributed by atoms with Crippen molar-refractivity contribution in [3.05, 3.63) is 57.5 Å². The Morgan fingerprint density at radius 3 is 1.59 bits per heavy atom. The van der Waals surface area contributed by atoms with Gasteiger partial charge in [-0.15, -0.1) is 10.2 Å². The molecule has 0 aliphatic heterocycles. The number of aromatic nitrogens is 2. The average Bonchev–Trinajstić information content (AvgIpc) is 3.14. The zero-order valence-electron chi connectivity index (χ0n) is 14.8. The van der Waals surface area contributed by atoms with E-state index in [2.05, 4.69) is 10.2 Å². The largest absolute Gasteiger partial charge is 0.504 e. The van der Waals surface area contributed by atoms with E-state index in [4.69, 9.17) is 9.47 Å². The number of benzene rings is 2. The van der Waals surface area contributed by atoms with Crippen molar-refractivity contribution in [3.63, 3.8) is 0 Å². The highest BCUT2D eigenvalue weighted by Gasteiger charge is 2.03. The van der Waals surface area contributed by atoms with Crippen molar-refractivity contribution in [2.75, 3.05) is 14.2 Å². The summed E-state index contributed by atoms with van der Waals surface area (Å²) in [5.41, 5.74) is 1.77. The molecule has 0 unspecified atom stereocenters. The Bertz CT molecular complexity index is 917. The second-order valence-corrected chi connectivity index (χ2v) is 6.55. The molecule has 138 valence electrons. The monoisotopic (exact) mass is 382 g/mol. The number of methoxy groups -OCH3 is 2. The Morgan fingerprint density at radius 2 is 1.19 bits per heavy atom. The molecule has 2 N–H and O–H groups in total. The van der Waals surface area contributed by atoms with Crippen LogP contribution in [-0.2, 0) is 0 Å². The number of hydrogen-bond donors (Lipinski definition) is 2. The number of phenols is 2. The summed E-state index contributed by atoms with van der Waals surface area (Å²) >= 11 is 1.44. The molecule has 2 aromatic carbocycles. The first-order chi connectivity index (χ1) is 13.1. The third-order valence-electron chi connectivity index (χ3n) is 3.70. The third-order valence-corrected chi connectivity index (χ3v) is 4.55. The number of nitrogens with zero attached hydrogens (tertiary/aromatic N) is 2. The molecular weight excluding hydrogens is 364 g/mol. The summed E-state index contributed by atoms with van der Waals surface area (Å²) < 4.78 is 10.2. The second-order valence-electron chi connectivity index (χ2n) is 5.51. The average molecular weight is 382 g/mol. The molecule has 6 nitrogen and oxygen atoms in total. The maximum atomic E-state index is 9.63. The van der Waals surface area contributed by atoms with Crippen LogP contribution in [0, 0.1) is 0 Å². The highest BCUT2D eigenvalue weighted by molar-refractivity contribution is 7.13. The van der Waals surface area contributed by atoms with Crippen LogP contribution in [0.4, 0.5) is 0 Å². The Morgan fingerprint density at radius 1 is 0.741 bits per heavy atom. The van der Waals surface area contributed by atoms with Crippen molar-refractivity contribution in [2.24, 2.45) is 0 Å². The van der Waals surface area contributed by atoms with Gasteiger partial charge in [0.05, 0.1) is 14.2 Å². The molecule has 3 rings (SSSR count). The zero-order valence-corrected chi connectivity index (χ0v) is 15.6. The molecule has 0 saturated carbocycles. The Hall–Kier alpha value is -3.32. The highest BCUT2D eigenvalue weighted by atomic mass is 32.1. The fourth-order valence-electron chi connectivity index (χ4n) is 2.31. The van der Waals surface area contributed by atoms with Gasteiger partial charge in [0.15, 0.2) is 23.0 Å². The predicted octanol–water partition coefficient (Wildman–Crippen LogP) is 4.31. The Balaban J connectivity index is 1.71. The number of rotatable bonds is 6. The lowest BCUT2D eigenvalue weighted by Gasteiger charge is -2.03. The molecule has 0 fully saturated rings. The van der Waals surface area contributed by atoms with E-state index in [9.17, 15) is 10.2 Å². The van der Waals surface area contributed by atoms with E-state index in [0.29, 0.717) is 11.5 Å². The molecule has 1 heterocycles. The van der Waals surface area contributed by atoms with Gasteiger partial charge >= 0.3 is 0 Å². The third kappa shape index (κ3) is 4.65. The van der Waals surface area contributed by atoms with Gasteiger partial charge in [0.25, 0.3) is 0 Å². The van der Waals surface area contributed by atoms with Crippen LogP contribution >= 0.6 is 11.3 Å². The lowest BCUT2D eigenvalue weighted by molar-refractivity contribution is 0.373. The fraction of sp³-hybridized carbons (Fsp3) is 0.100. The van der Waals surface area contributed by atoms with E-state index in [1.54, 1.807) is 36.4 Å². The summed E-state index contributed by atoms with van der Waals surface area (Å²) in [5.74, 6) is 1.04. The molecule has 0 atom stereocenters. The van der Waals surface area contributed by atoms with E-state index in [1.165, 1.54) is 25.6 Å². The van der Waals surface area contributed by atoms with Gasteiger partial charge < -0.3 is 19.7 Å². The molecule has 0 aliphatic rings. The maximum absolute atomic E-state index is 9.63. The van der Waals surface area contributed by atoms with Crippen molar-refractivity contribution in [1.29, 1.82) is 0 Å². The Labute approximate surface area is 160 Å². The first kappa shape index (κ1) is 18.5. The molecular formula is C20H18N2O4S. The van der Waals surface area contributed by atoms with E-state index >= 15 is 0 Å². The minimum Gasteiger partial charge on any atom is -0.504 e. The Kier molecular flexibility index (Phi) is 5.73. The summed E-state index contributed by atoms with van der Waals surface area (Å²) in [4.78, 5) is 0. The van der Waals surface area contributed by atoms with E-state index in [0.717, 1.165) is 21.1 Å². The van der Waals surface area contributed by atoms with Gasteiger partial charge in [-0.1, -0.05) is 35.6 Å². The predicted molar refractivity (Wildman–Crippen MR) is 107 cm³/mol. The normalized spacial score (nSPS) is 11.3. The minimum absolute atomic E-state index is 0.101. The van der Waals surface area contributed by atoms with Crippen molar-refractivity contribution in [3.8, 4) is 23.0 Å². The van der Waals surface area contributed by atoms with Crippen LogP contribution in [0.2, 0.25) is 0 Å². The van der Waals surface area contributed by atoms with Crippen LogP contribution in [0.25, 0.3) is 24.3 Å². The van der Waals surface area contributed by atoms with E-state index in [1.807, 2.05) is 24.3 Å². The van der Waals surface area contributed by atoms with Crippen molar-refractivity contribution < 1.29 is 19.7 Å². The maximum Gasteiger partial charge on any atom is 0.161 e. The molecule has 0 aliphatic carbocycles. The highest BCUT2D eigenvalue weighted by Crippen LogP contribution is 2.28. The first-order valence-electron chi connectivity index (χ1n) is 8.02. The summed E-state index contributed by atoms with van der Waals surface area (Å²) in [6, 6.07) is 10.2. The minimum atomic E-state index is 0.101. The van der Waals surface area contributed by atoms with Crippen LogP contribution in [0.5, 0.6) is 23.0 Å². The second kappa shape index (κ2) is 8.37. The number of hydrogen-bond acceptors (Lipinski definition) is 7. The summed E-state index contributed by atoms with van der Waals surface area (Å²) in [6.45, 7) is 0. The molecule has 0 bridgehead atoms. The zero-order chi connectivity index (χ0) is 19.2. The van der Waals surface area contributed by atoms with Crippen LogP contribution < -0.4 is 9.47 Å². The smallest absolute Gasteiger partial charge is 0.161 e. The van der Waals surface area contributed by atoms with Gasteiger partial charge in [0.2, 0.25) is 0 Å². The van der Waals surface area contributed by atoms with Gasteiger partial charge in [-0.3, -0.25) is 0 Å². The summed E-state index contributed by atoms with van der Waals surface area (Å²) in [5, 5.41) is 29.0. The van der Waals surface area contributed by atoms with Gasteiger partial charge in [0.1, 0.15) is 10.0 Å². The van der Waals surface area contributed by atoms with Gasteiger partial charge in [0, 0.05) is 0 Å². The van der Waals surface area contributed by atoms with E-state index in [-0.39, 0.29) is 11.5 Å². The van der Waals surface area contributed by atoms with Crippen molar-refractivity contribution >= 4 is 35.6 Å². The van der Waals surface area contributed by atoms with Crippen LogP contribution in [-0.4, -0.2) is 34.6 Å². The SMILES string of the molecule is COc1cc(/C=C\c2nnc(/C=C\c3ccc(O)c(OC)c3)s2)ccc1O. The molecule has 0 radical (unpaired) electrons. The molecule has 7 heteroatoms. The summed E-state index contributed by atoms with van der Waals surface area (Å²) in [7, 11) is 3.02. The lowest BCUT2D eigenvalue weighted by atomic mass is 10.2. The molecule has 1 aromatic heterocycles. The lowest BCUT2D eigenvalue weighted by Crippen LogP contribution is -1.84. The number of aromatic hydroxyl groups is 2. The van der Waals surface area contributed by atoms with Crippen molar-refractivity contribution in [2.45, 2.75) is 0 Å². The molecule has 0 spiro atoms. The number of phenolic OH excluding ortho intramolecular Hbond substituents is 2. The van der Waals surface area contributed by atoms with Crippen molar-refractivity contribution in [1.82, 2.24) is 10.2 Å². The summed E-state index contributed by atoms with van der Waals surface area (Å²) in [6.07, 6.45) is 7.45. The van der Waals surface area contributed by atoms with E-state index < -0.39 is 0 Å².